The Balaban J connectivity index is 2.55. The van der Waals surface area contributed by atoms with Gasteiger partial charge in [0.1, 0.15) is 5.82 Å². The Bertz CT molecular complexity index is 345. The van der Waals surface area contributed by atoms with Gasteiger partial charge in [0.25, 0.3) is 0 Å². The van der Waals surface area contributed by atoms with Crippen molar-refractivity contribution in [1.82, 2.24) is 15.1 Å². The molecule has 15 heavy (non-hydrogen) atoms. The fraction of sp³-hybridized carbons (Fsp3) is 0.600. The van der Waals surface area contributed by atoms with Crippen LogP contribution in [0.5, 0.6) is 0 Å². The Morgan fingerprint density at radius 2 is 2.33 bits per heavy atom. The summed E-state index contributed by atoms with van der Waals surface area (Å²) in [4.78, 5) is 11.5. The molecule has 1 heterocycles. The summed E-state index contributed by atoms with van der Waals surface area (Å²) in [5, 5.41) is 9.71. The lowest BCUT2D eigenvalue weighted by molar-refractivity contribution is 0.248. The van der Waals surface area contributed by atoms with Crippen LogP contribution in [0, 0.1) is 6.92 Å². The minimum absolute atomic E-state index is 0.180. The van der Waals surface area contributed by atoms with Gasteiger partial charge in [0.15, 0.2) is 0 Å². The summed E-state index contributed by atoms with van der Waals surface area (Å²) >= 11 is 0. The number of nitrogens with zero attached hydrogens (tertiary/aromatic N) is 2. The Hall–Kier alpha value is -1.52. The van der Waals surface area contributed by atoms with E-state index >= 15 is 0 Å². The van der Waals surface area contributed by atoms with Crippen LogP contribution in [0.15, 0.2) is 6.07 Å². The minimum Gasteiger partial charge on any atom is -0.335 e. The number of aryl methyl sites for hydroxylation is 2. The fourth-order valence-corrected chi connectivity index (χ4v) is 1.21. The Kier molecular flexibility index (Phi) is 3.71. The molecule has 0 saturated heterocycles. The molecule has 0 bridgehead atoms. The predicted molar refractivity (Wildman–Crippen MR) is 59.9 cm³/mol. The van der Waals surface area contributed by atoms with Gasteiger partial charge in [-0.2, -0.15) is 5.10 Å². The van der Waals surface area contributed by atoms with Gasteiger partial charge in [-0.1, -0.05) is 6.92 Å². The van der Waals surface area contributed by atoms with E-state index in [-0.39, 0.29) is 12.1 Å². The lowest BCUT2D eigenvalue weighted by atomic mass is 10.3. The van der Waals surface area contributed by atoms with Crippen molar-refractivity contribution in [2.75, 3.05) is 5.32 Å². The first-order valence-electron chi connectivity index (χ1n) is 5.11. The molecule has 0 saturated carbocycles. The number of anilines is 1. The first kappa shape index (κ1) is 11.6. The number of aromatic nitrogens is 2. The van der Waals surface area contributed by atoms with Gasteiger partial charge in [0.2, 0.25) is 0 Å². The number of carbonyl (C=O) groups is 1. The molecule has 5 heteroatoms. The highest BCUT2D eigenvalue weighted by molar-refractivity contribution is 5.88. The zero-order valence-electron chi connectivity index (χ0n) is 9.66. The topological polar surface area (TPSA) is 59.0 Å². The van der Waals surface area contributed by atoms with Gasteiger partial charge in [-0.15, -0.1) is 0 Å². The number of nitrogens with one attached hydrogen (secondary N) is 2. The number of rotatable bonds is 3. The molecule has 84 valence electrons. The van der Waals surface area contributed by atoms with Crippen LogP contribution in [0.3, 0.4) is 0 Å². The van der Waals surface area contributed by atoms with Crippen LogP contribution in [0.2, 0.25) is 0 Å². The van der Waals surface area contributed by atoms with E-state index in [1.54, 1.807) is 11.7 Å². The highest BCUT2D eigenvalue weighted by Gasteiger charge is 2.08. The van der Waals surface area contributed by atoms with Crippen LogP contribution in [0.4, 0.5) is 10.6 Å². The smallest absolute Gasteiger partial charge is 0.320 e. The van der Waals surface area contributed by atoms with Gasteiger partial charge in [-0.25, -0.2) is 4.79 Å². The second-order valence-corrected chi connectivity index (χ2v) is 3.70. The standard InChI is InChI=1S/C10H18N4O/c1-5-7(2)11-10(15)12-9-6-8(3)13-14(9)4/h6-7H,5H2,1-4H3,(H2,11,12,15)/t7-/m0/s1. The van der Waals surface area contributed by atoms with Crippen molar-refractivity contribution >= 4 is 11.8 Å². The van der Waals surface area contributed by atoms with Crippen molar-refractivity contribution in [3.63, 3.8) is 0 Å². The van der Waals surface area contributed by atoms with Crippen LogP contribution >= 0.6 is 0 Å². The average Bonchev–Trinajstić information content (AvgIpc) is 2.44. The van der Waals surface area contributed by atoms with Crippen LogP contribution in [0.25, 0.3) is 0 Å². The number of carbonyl (C=O) groups excluding carboxylic acids is 1. The number of urea groups is 1. The van der Waals surface area contributed by atoms with Gasteiger partial charge >= 0.3 is 6.03 Å². The molecule has 1 aromatic rings. The lowest BCUT2D eigenvalue weighted by Gasteiger charge is -2.12. The molecule has 0 spiro atoms. The van der Waals surface area contributed by atoms with Crippen molar-refractivity contribution in [3.8, 4) is 0 Å². The molecule has 1 aromatic heterocycles. The third-order valence-corrected chi connectivity index (χ3v) is 2.23. The van der Waals surface area contributed by atoms with E-state index in [0.717, 1.165) is 12.1 Å². The van der Waals surface area contributed by atoms with Crippen LogP contribution in [-0.4, -0.2) is 21.9 Å². The van der Waals surface area contributed by atoms with Crippen molar-refractivity contribution in [2.24, 2.45) is 7.05 Å². The maximum Gasteiger partial charge on any atom is 0.320 e. The fourth-order valence-electron chi connectivity index (χ4n) is 1.21. The summed E-state index contributed by atoms with van der Waals surface area (Å²) in [6.07, 6.45) is 0.915. The molecular formula is C10H18N4O. The quantitative estimate of drug-likeness (QED) is 0.797. The molecule has 1 rings (SSSR count). The molecule has 0 fully saturated rings. The third-order valence-electron chi connectivity index (χ3n) is 2.23. The summed E-state index contributed by atoms with van der Waals surface area (Å²) in [5.41, 5.74) is 0.885. The molecule has 0 radical (unpaired) electrons. The lowest BCUT2D eigenvalue weighted by Crippen LogP contribution is -2.36. The molecule has 0 aromatic carbocycles. The second-order valence-electron chi connectivity index (χ2n) is 3.70. The first-order valence-corrected chi connectivity index (χ1v) is 5.11. The van der Waals surface area contributed by atoms with Crippen LogP contribution in [-0.2, 0) is 7.05 Å². The average molecular weight is 210 g/mol. The van der Waals surface area contributed by atoms with Crippen molar-refractivity contribution in [1.29, 1.82) is 0 Å². The van der Waals surface area contributed by atoms with E-state index in [1.807, 2.05) is 26.8 Å². The summed E-state index contributed by atoms with van der Waals surface area (Å²) in [6.45, 7) is 5.88. The maximum absolute atomic E-state index is 11.5. The van der Waals surface area contributed by atoms with E-state index in [1.165, 1.54) is 0 Å². The van der Waals surface area contributed by atoms with Crippen LogP contribution < -0.4 is 10.6 Å². The molecule has 2 amide bonds. The van der Waals surface area contributed by atoms with Gasteiger partial charge in [0, 0.05) is 19.2 Å². The normalized spacial score (nSPS) is 12.3. The highest BCUT2D eigenvalue weighted by atomic mass is 16.2. The molecule has 0 aliphatic carbocycles. The van der Waals surface area contributed by atoms with Gasteiger partial charge in [0.05, 0.1) is 5.69 Å². The molecular weight excluding hydrogens is 192 g/mol. The largest absolute Gasteiger partial charge is 0.335 e. The highest BCUT2D eigenvalue weighted by Crippen LogP contribution is 2.07. The Morgan fingerprint density at radius 3 is 2.80 bits per heavy atom. The summed E-state index contributed by atoms with van der Waals surface area (Å²) < 4.78 is 1.64. The summed E-state index contributed by atoms with van der Waals surface area (Å²) in [7, 11) is 1.80. The third kappa shape index (κ3) is 3.27. The zero-order chi connectivity index (χ0) is 11.4. The van der Waals surface area contributed by atoms with Gasteiger partial charge < -0.3 is 5.32 Å². The van der Waals surface area contributed by atoms with Crippen LogP contribution in [0.1, 0.15) is 26.0 Å². The van der Waals surface area contributed by atoms with E-state index in [4.69, 9.17) is 0 Å². The SMILES string of the molecule is CC[C@H](C)NC(=O)Nc1cc(C)nn1C. The Morgan fingerprint density at radius 1 is 1.67 bits per heavy atom. The summed E-state index contributed by atoms with van der Waals surface area (Å²) in [6, 6.07) is 1.82. The monoisotopic (exact) mass is 210 g/mol. The molecule has 5 nitrogen and oxygen atoms in total. The molecule has 0 aliphatic rings. The molecule has 0 aliphatic heterocycles. The number of hydrogen-bond acceptors (Lipinski definition) is 2. The van der Waals surface area contributed by atoms with Crippen molar-refractivity contribution < 1.29 is 4.79 Å². The van der Waals surface area contributed by atoms with E-state index < -0.39 is 0 Å². The van der Waals surface area contributed by atoms with Gasteiger partial charge in [-0.05, 0) is 20.3 Å². The molecule has 1 atom stereocenters. The minimum atomic E-state index is -0.188. The zero-order valence-corrected chi connectivity index (χ0v) is 9.66. The summed E-state index contributed by atoms with van der Waals surface area (Å²) in [5.74, 6) is 0.702. The predicted octanol–water partition coefficient (Wildman–Crippen LogP) is 1.65. The Labute approximate surface area is 89.9 Å². The first-order chi connectivity index (χ1) is 7.02. The van der Waals surface area contributed by atoms with Crippen molar-refractivity contribution in [3.05, 3.63) is 11.8 Å². The molecule has 2 N–H and O–H groups in total. The van der Waals surface area contributed by atoms with E-state index in [2.05, 4.69) is 15.7 Å². The molecule has 0 unspecified atom stereocenters. The van der Waals surface area contributed by atoms with E-state index in [9.17, 15) is 4.79 Å². The second kappa shape index (κ2) is 4.82. The van der Waals surface area contributed by atoms with Crippen molar-refractivity contribution in [2.45, 2.75) is 33.2 Å². The van der Waals surface area contributed by atoms with Gasteiger partial charge in [-0.3, -0.25) is 10.00 Å². The number of hydrogen-bond donors (Lipinski definition) is 2. The number of amides is 2. The maximum atomic E-state index is 11.5. The van der Waals surface area contributed by atoms with E-state index in [0.29, 0.717) is 5.82 Å².